The van der Waals surface area contributed by atoms with E-state index in [-0.39, 0.29) is 0 Å². The summed E-state index contributed by atoms with van der Waals surface area (Å²) in [6, 6.07) is 0. The Hall–Kier alpha value is -0.410. The molecular weight excluding hydrogens is 275 g/mol. The molecule has 8 heteroatoms. The second kappa shape index (κ2) is 7.04. The molecule has 1 aliphatic rings. The van der Waals surface area contributed by atoms with Gasteiger partial charge in [-0.2, -0.15) is 13.2 Å². The quantitative estimate of drug-likeness (QED) is 0.724. The summed E-state index contributed by atoms with van der Waals surface area (Å²) in [4.78, 5) is 3.44. The van der Waals surface area contributed by atoms with E-state index in [1.54, 1.807) is 0 Å². The average Bonchev–Trinajstić information content (AvgIpc) is 2.38. The smallest absolute Gasteiger partial charge is 0.354 e. The number of alkyl halides is 3. The highest BCUT2D eigenvalue weighted by atomic mass is 19.4. The van der Waals surface area contributed by atoms with E-state index >= 15 is 0 Å². The first-order valence-corrected chi connectivity index (χ1v) is 6.56. The molecule has 1 unspecified atom stereocenters. The molecule has 2 N–H and O–H groups in total. The van der Waals surface area contributed by atoms with Crippen LogP contribution in [0, 0.1) is 0 Å². The summed E-state index contributed by atoms with van der Waals surface area (Å²) in [5.41, 5.74) is 5.28. The molecule has 1 heterocycles. The minimum absolute atomic E-state index is 0.304. The van der Waals surface area contributed by atoms with Gasteiger partial charge < -0.3 is 15.2 Å². The number of hydrogen-bond donors (Lipinski definition) is 1. The minimum Gasteiger partial charge on any atom is -0.354 e. The molecule has 0 amide bonds. The Morgan fingerprint density at radius 1 is 1.10 bits per heavy atom. The van der Waals surface area contributed by atoms with E-state index in [0.717, 1.165) is 0 Å². The summed E-state index contributed by atoms with van der Waals surface area (Å²) in [5.74, 6) is 0. The number of ether oxygens (including phenoxy) is 2. The van der Waals surface area contributed by atoms with Crippen LogP contribution in [-0.2, 0) is 9.47 Å². The van der Waals surface area contributed by atoms with Gasteiger partial charge in [0.05, 0.1) is 12.1 Å². The lowest BCUT2D eigenvalue weighted by atomic mass is 9.97. The van der Waals surface area contributed by atoms with E-state index in [9.17, 15) is 13.2 Å². The van der Waals surface area contributed by atoms with Crippen molar-refractivity contribution in [2.45, 2.75) is 24.9 Å². The van der Waals surface area contributed by atoms with Gasteiger partial charge in [0.2, 0.25) is 0 Å². The third-order valence-corrected chi connectivity index (χ3v) is 3.85. The van der Waals surface area contributed by atoms with E-state index in [4.69, 9.17) is 15.2 Å². The second-order valence-electron chi connectivity index (χ2n) is 5.24. The van der Waals surface area contributed by atoms with Crippen molar-refractivity contribution in [3.8, 4) is 0 Å². The first kappa shape index (κ1) is 17.6. The summed E-state index contributed by atoms with van der Waals surface area (Å²) in [6.45, 7) is 3.07. The summed E-state index contributed by atoms with van der Waals surface area (Å²) < 4.78 is 47.6. The number of piperazine rings is 1. The summed E-state index contributed by atoms with van der Waals surface area (Å²) in [5, 5.41) is 0. The lowest BCUT2D eigenvalue weighted by molar-refractivity contribution is -0.190. The van der Waals surface area contributed by atoms with Crippen LogP contribution in [0.1, 0.15) is 6.92 Å². The van der Waals surface area contributed by atoms with Gasteiger partial charge in [-0.3, -0.25) is 9.80 Å². The molecule has 0 aromatic heterocycles. The van der Waals surface area contributed by atoms with Crippen molar-refractivity contribution in [2.75, 3.05) is 53.5 Å². The van der Waals surface area contributed by atoms with Crippen LogP contribution in [0.15, 0.2) is 0 Å². The number of halogens is 3. The van der Waals surface area contributed by atoms with Crippen LogP contribution in [0.3, 0.4) is 0 Å². The van der Waals surface area contributed by atoms with Crippen molar-refractivity contribution in [2.24, 2.45) is 5.73 Å². The van der Waals surface area contributed by atoms with Crippen LogP contribution >= 0.6 is 0 Å². The van der Waals surface area contributed by atoms with Crippen LogP contribution in [0.4, 0.5) is 13.2 Å². The summed E-state index contributed by atoms with van der Waals surface area (Å²) in [6.07, 6.45) is -4.66. The molecule has 20 heavy (non-hydrogen) atoms. The van der Waals surface area contributed by atoms with Gasteiger partial charge in [0.15, 0.2) is 6.29 Å². The lowest BCUT2D eigenvalue weighted by Gasteiger charge is -2.47. The Bertz CT molecular complexity index is 292. The molecule has 120 valence electrons. The minimum atomic E-state index is -4.15. The number of nitrogens with two attached hydrogens (primary N) is 1. The van der Waals surface area contributed by atoms with E-state index in [1.165, 1.54) is 19.1 Å². The Balaban J connectivity index is 2.62. The molecule has 1 atom stereocenters. The van der Waals surface area contributed by atoms with Gasteiger partial charge in [0.25, 0.3) is 0 Å². The van der Waals surface area contributed by atoms with E-state index < -0.39 is 24.6 Å². The van der Waals surface area contributed by atoms with E-state index in [1.807, 2.05) is 11.8 Å². The zero-order valence-corrected chi connectivity index (χ0v) is 12.2. The molecule has 0 aliphatic carbocycles. The van der Waals surface area contributed by atoms with Gasteiger partial charge in [-0.25, -0.2) is 0 Å². The number of hydrogen-bond acceptors (Lipinski definition) is 5. The van der Waals surface area contributed by atoms with Gasteiger partial charge >= 0.3 is 6.18 Å². The normalized spacial score (nSPS) is 22.2. The number of nitrogens with zero attached hydrogens (tertiary/aromatic N) is 2. The highest BCUT2D eigenvalue weighted by Gasteiger charge is 2.42. The van der Waals surface area contributed by atoms with Gasteiger partial charge in [0, 0.05) is 46.9 Å². The van der Waals surface area contributed by atoms with Gasteiger partial charge in [-0.1, -0.05) is 0 Å². The van der Waals surface area contributed by atoms with Gasteiger partial charge in [0.1, 0.15) is 0 Å². The van der Waals surface area contributed by atoms with Crippen molar-refractivity contribution in [1.82, 2.24) is 9.80 Å². The Morgan fingerprint density at radius 3 is 1.95 bits per heavy atom. The van der Waals surface area contributed by atoms with Gasteiger partial charge in [-0.15, -0.1) is 0 Å². The highest BCUT2D eigenvalue weighted by molar-refractivity contribution is 4.93. The molecule has 0 aromatic carbocycles. The first-order valence-electron chi connectivity index (χ1n) is 6.56. The zero-order valence-electron chi connectivity index (χ0n) is 12.2. The average molecular weight is 299 g/mol. The molecule has 0 saturated carbocycles. The third-order valence-electron chi connectivity index (χ3n) is 3.85. The predicted molar refractivity (Wildman–Crippen MR) is 69.3 cm³/mol. The number of methoxy groups -OCH3 is 2. The Kier molecular flexibility index (Phi) is 6.21. The predicted octanol–water partition coefficient (Wildman–Crippen LogP) is 0.503. The molecule has 1 saturated heterocycles. The van der Waals surface area contributed by atoms with Crippen LogP contribution in [0.25, 0.3) is 0 Å². The Labute approximate surface area is 117 Å². The molecule has 0 radical (unpaired) electrons. The summed E-state index contributed by atoms with van der Waals surface area (Å²) in [7, 11) is 3.06. The molecule has 1 fully saturated rings. The topological polar surface area (TPSA) is 51.0 Å². The molecule has 0 bridgehead atoms. The highest BCUT2D eigenvalue weighted by Crippen LogP contribution is 2.24. The van der Waals surface area contributed by atoms with Crippen LogP contribution in [0.2, 0.25) is 0 Å². The first-order chi connectivity index (χ1) is 9.26. The maximum Gasteiger partial charge on any atom is 0.401 e. The number of rotatable bonds is 6. The summed E-state index contributed by atoms with van der Waals surface area (Å²) >= 11 is 0. The van der Waals surface area contributed by atoms with Crippen molar-refractivity contribution in [1.29, 1.82) is 0 Å². The standard InChI is InChI=1S/C12H24F3N3O2/c1-11(8-16,10(19-2)20-3)18-6-4-17(5-7-18)9-12(13,14)15/h10H,4-9,16H2,1-3H3. The van der Waals surface area contributed by atoms with E-state index in [2.05, 4.69) is 0 Å². The van der Waals surface area contributed by atoms with Crippen LogP contribution in [0.5, 0.6) is 0 Å². The molecular formula is C12H24F3N3O2. The van der Waals surface area contributed by atoms with Crippen molar-refractivity contribution >= 4 is 0 Å². The Morgan fingerprint density at radius 2 is 1.60 bits per heavy atom. The van der Waals surface area contributed by atoms with Crippen molar-refractivity contribution < 1.29 is 22.6 Å². The maximum atomic E-state index is 12.4. The zero-order chi connectivity index (χ0) is 15.4. The molecule has 0 spiro atoms. The maximum absolute atomic E-state index is 12.4. The van der Waals surface area contributed by atoms with Crippen LogP contribution in [-0.4, -0.2) is 81.3 Å². The van der Waals surface area contributed by atoms with Crippen molar-refractivity contribution in [3.63, 3.8) is 0 Å². The second-order valence-corrected chi connectivity index (χ2v) is 5.24. The lowest BCUT2D eigenvalue weighted by Crippen LogP contribution is -2.65. The fraction of sp³-hybridized carbons (Fsp3) is 1.00. The fourth-order valence-corrected chi connectivity index (χ4v) is 2.65. The SMILES string of the molecule is COC(OC)C(C)(CN)N1CCN(CC(F)(F)F)CC1. The van der Waals surface area contributed by atoms with Gasteiger partial charge in [-0.05, 0) is 6.92 Å². The molecule has 5 nitrogen and oxygen atoms in total. The van der Waals surface area contributed by atoms with E-state index in [0.29, 0.717) is 32.7 Å². The molecule has 1 aliphatic heterocycles. The molecule has 0 aromatic rings. The third kappa shape index (κ3) is 4.29. The molecule has 1 rings (SSSR count). The monoisotopic (exact) mass is 299 g/mol. The van der Waals surface area contributed by atoms with Crippen molar-refractivity contribution in [3.05, 3.63) is 0 Å². The van der Waals surface area contributed by atoms with Crippen LogP contribution < -0.4 is 5.73 Å². The fourth-order valence-electron chi connectivity index (χ4n) is 2.65. The largest absolute Gasteiger partial charge is 0.401 e.